The molecule has 33 heavy (non-hydrogen) atoms. The molecule has 1 aromatic heterocycles. The topological polar surface area (TPSA) is 114 Å². The number of rotatable bonds is 8. The van der Waals surface area contributed by atoms with Gasteiger partial charge in [-0.05, 0) is 30.7 Å². The van der Waals surface area contributed by atoms with Crippen LogP contribution in [0.3, 0.4) is 0 Å². The highest BCUT2D eigenvalue weighted by Crippen LogP contribution is 2.21. The number of carbonyl (C=O) groups excluding carboxylic acids is 2. The first kappa shape index (κ1) is 23.3. The van der Waals surface area contributed by atoms with Crippen molar-refractivity contribution in [3.8, 4) is 0 Å². The van der Waals surface area contributed by atoms with Crippen molar-refractivity contribution < 1.29 is 14.5 Å². The Morgan fingerprint density at radius 2 is 1.73 bits per heavy atom. The molecule has 2 aromatic carbocycles. The summed E-state index contributed by atoms with van der Waals surface area (Å²) in [4.78, 5) is 36.2. The highest BCUT2D eigenvalue weighted by Gasteiger charge is 2.15. The molecule has 1 heterocycles. The number of nitrogens with zero attached hydrogens (tertiary/aromatic N) is 2. The standard InChI is InChI=1S/C24H20N4O4S/c1-17(22-15-20(16-33-22)28(31)32)26-27-24(30)21(14-8-11-18-9-4-2-5-10-18)25-23(29)19-12-6-3-7-13-19/h2-16H,1H3,(H,25,29)(H,27,30)/b11-8-,21-14-,26-17?. The lowest BCUT2D eigenvalue weighted by Gasteiger charge is -2.08. The Balaban J connectivity index is 1.78. The summed E-state index contributed by atoms with van der Waals surface area (Å²) >= 11 is 1.15. The Hall–Kier alpha value is -4.37. The second kappa shape index (κ2) is 11.3. The normalized spacial score (nSPS) is 11.9. The molecule has 0 spiro atoms. The van der Waals surface area contributed by atoms with Gasteiger partial charge in [-0.15, -0.1) is 11.3 Å². The minimum Gasteiger partial charge on any atom is -0.317 e. The van der Waals surface area contributed by atoms with Gasteiger partial charge in [0.25, 0.3) is 17.5 Å². The van der Waals surface area contributed by atoms with Crippen LogP contribution in [0.2, 0.25) is 0 Å². The van der Waals surface area contributed by atoms with Crippen molar-refractivity contribution in [2.24, 2.45) is 5.10 Å². The van der Waals surface area contributed by atoms with Crippen LogP contribution in [-0.2, 0) is 4.79 Å². The maximum absolute atomic E-state index is 12.8. The first-order chi connectivity index (χ1) is 15.9. The Morgan fingerprint density at radius 1 is 1.06 bits per heavy atom. The largest absolute Gasteiger partial charge is 0.317 e. The highest BCUT2D eigenvalue weighted by molar-refractivity contribution is 7.12. The molecule has 2 amide bonds. The zero-order valence-corrected chi connectivity index (χ0v) is 18.4. The molecule has 2 N–H and O–H groups in total. The van der Waals surface area contributed by atoms with Crippen molar-refractivity contribution in [3.63, 3.8) is 0 Å². The monoisotopic (exact) mass is 460 g/mol. The van der Waals surface area contributed by atoms with Crippen molar-refractivity contribution in [2.75, 3.05) is 0 Å². The van der Waals surface area contributed by atoms with Gasteiger partial charge in [-0.1, -0.05) is 60.7 Å². The molecule has 3 rings (SSSR count). The third-order valence-corrected chi connectivity index (χ3v) is 5.38. The Labute approximate surface area is 194 Å². The number of benzene rings is 2. The number of hydrazone groups is 1. The molecule has 8 nitrogen and oxygen atoms in total. The minimum absolute atomic E-state index is 0.00950. The van der Waals surface area contributed by atoms with Crippen LogP contribution in [0.4, 0.5) is 5.69 Å². The highest BCUT2D eigenvalue weighted by atomic mass is 32.1. The van der Waals surface area contributed by atoms with Gasteiger partial charge in [-0.2, -0.15) is 5.10 Å². The molecule has 0 radical (unpaired) electrons. The van der Waals surface area contributed by atoms with Crippen molar-refractivity contribution in [2.45, 2.75) is 6.92 Å². The first-order valence-electron chi connectivity index (χ1n) is 9.82. The molecule has 0 saturated heterocycles. The lowest BCUT2D eigenvalue weighted by molar-refractivity contribution is -0.384. The van der Waals surface area contributed by atoms with E-state index in [9.17, 15) is 19.7 Å². The van der Waals surface area contributed by atoms with E-state index < -0.39 is 16.7 Å². The molecule has 0 aliphatic carbocycles. The summed E-state index contributed by atoms with van der Waals surface area (Å²) in [6.45, 7) is 1.62. The third-order valence-electron chi connectivity index (χ3n) is 4.36. The van der Waals surface area contributed by atoms with Crippen LogP contribution >= 0.6 is 11.3 Å². The van der Waals surface area contributed by atoms with Crippen molar-refractivity contribution in [3.05, 3.63) is 116 Å². The number of carbonyl (C=O) groups is 2. The molecule has 0 aliphatic rings. The molecule has 0 atom stereocenters. The van der Waals surface area contributed by atoms with Gasteiger partial charge < -0.3 is 5.32 Å². The van der Waals surface area contributed by atoms with Crippen LogP contribution in [-0.4, -0.2) is 22.4 Å². The molecular weight excluding hydrogens is 440 g/mol. The summed E-state index contributed by atoms with van der Waals surface area (Å²) in [5.41, 5.74) is 4.06. The lowest BCUT2D eigenvalue weighted by atomic mass is 10.2. The van der Waals surface area contributed by atoms with E-state index in [1.54, 1.807) is 49.4 Å². The van der Waals surface area contributed by atoms with E-state index >= 15 is 0 Å². The van der Waals surface area contributed by atoms with Crippen LogP contribution < -0.4 is 10.7 Å². The van der Waals surface area contributed by atoms with Gasteiger partial charge in [-0.3, -0.25) is 19.7 Å². The molecule has 0 fully saturated rings. The molecule has 0 saturated carbocycles. The van der Waals surface area contributed by atoms with Crippen LogP contribution in [0, 0.1) is 10.1 Å². The average Bonchev–Trinajstić information content (AvgIpc) is 3.34. The number of hydrogen-bond acceptors (Lipinski definition) is 6. The predicted octanol–water partition coefficient (Wildman–Crippen LogP) is 4.52. The maximum Gasteiger partial charge on any atom is 0.287 e. The predicted molar refractivity (Wildman–Crippen MR) is 129 cm³/mol. The Kier molecular flexibility index (Phi) is 7.98. The van der Waals surface area contributed by atoms with Crippen LogP contribution in [0.1, 0.15) is 27.7 Å². The fourth-order valence-corrected chi connectivity index (χ4v) is 3.45. The lowest BCUT2D eigenvalue weighted by Crippen LogP contribution is -2.33. The summed E-state index contributed by atoms with van der Waals surface area (Å²) < 4.78 is 0. The molecule has 9 heteroatoms. The van der Waals surface area contributed by atoms with Crippen LogP contribution in [0.25, 0.3) is 6.08 Å². The zero-order valence-electron chi connectivity index (χ0n) is 17.6. The summed E-state index contributed by atoms with van der Waals surface area (Å²) in [7, 11) is 0. The Bertz CT molecular complexity index is 1230. The summed E-state index contributed by atoms with van der Waals surface area (Å²) in [5.74, 6) is -1.08. The van der Waals surface area contributed by atoms with Crippen LogP contribution in [0.5, 0.6) is 0 Å². The van der Waals surface area contributed by atoms with E-state index in [4.69, 9.17) is 0 Å². The maximum atomic E-state index is 12.8. The summed E-state index contributed by atoms with van der Waals surface area (Å²) in [5, 5.41) is 18.9. The number of thiophene rings is 1. The van der Waals surface area contributed by atoms with Gasteiger partial charge in [-0.25, -0.2) is 5.43 Å². The number of nitrogens with one attached hydrogen (secondary N) is 2. The molecular formula is C24H20N4O4S. The molecule has 166 valence electrons. The fourth-order valence-electron chi connectivity index (χ4n) is 2.64. The number of amides is 2. The van der Waals surface area contributed by atoms with Gasteiger partial charge in [0.05, 0.1) is 20.9 Å². The quantitative estimate of drug-likeness (QED) is 0.169. The SMILES string of the molecule is CC(=NNC(=O)/C(=C/C=C\c1ccccc1)NC(=O)c1ccccc1)c1cc([N+](=O)[O-])cs1. The fraction of sp³-hybridized carbons (Fsp3) is 0.0417. The van der Waals surface area contributed by atoms with E-state index in [0.717, 1.165) is 16.9 Å². The number of allylic oxidation sites excluding steroid dienone is 2. The minimum atomic E-state index is -0.637. The summed E-state index contributed by atoms with van der Waals surface area (Å²) in [6, 6.07) is 19.4. The second-order valence-electron chi connectivity index (χ2n) is 6.73. The first-order valence-corrected chi connectivity index (χ1v) is 10.7. The van der Waals surface area contributed by atoms with Gasteiger partial charge in [0.15, 0.2) is 0 Å². The number of nitro groups is 1. The van der Waals surface area contributed by atoms with E-state index in [-0.39, 0.29) is 11.4 Å². The van der Waals surface area contributed by atoms with Crippen LogP contribution in [0.15, 0.2) is 95.1 Å². The smallest absolute Gasteiger partial charge is 0.287 e. The van der Waals surface area contributed by atoms with Gasteiger partial charge in [0.1, 0.15) is 5.70 Å². The summed E-state index contributed by atoms with van der Waals surface area (Å²) in [6.07, 6.45) is 4.92. The van der Waals surface area contributed by atoms with Crippen molar-refractivity contribution in [1.29, 1.82) is 0 Å². The van der Waals surface area contributed by atoms with E-state index in [1.165, 1.54) is 17.5 Å². The molecule has 0 bridgehead atoms. The second-order valence-corrected chi connectivity index (χ2v) is 7.65. The Morgan fingerprint density at radius 3 is 2.36 bits per heavy atom. The van der Waals surface area contributed by atoms with E-state index in [1.807, 2.05) is 30.3 Å². The van der Waals surface area contributed by atoms with Crippen molar-refractivity contribution >= 4 is 40.6 Å². The molecule has 3 aromatic rings. The van der Waals surface area contributed by atoms with E-state index in [0.29, 0.717) is 16.2 Å². The van der Waals surface area contributed by atoms with Gasteiger partial charge in [0.2, 0.25) is 0 Å². The van der Waals surface area contributed by atoms with E-state index in [2.05, 4.69) is 15.8 Å². The molecule has 0 aliphatic heterocycles. The molecule has 0 unspecified atom stereocenters. The van der Waals surface area contributed by atoms with Gasteiger partial charge in [0, 0.05) is 11.6 Å². The zero-order chi connectivity index (χ0) is 23.6. The van der Waals surface area contributed by atoms with Crippen molar-refractivity contribution in [1.82, 2.24) is 10.7 Å². The average molecular weight is 461 g/mol. The number of hydrogen-bond donors (Lipinski definition) is 2. The van der Waals surface area contributed by atoms with Gasteiger partial charge >= 0.3 is 0 Å². The third kappa shape index (κ3) is 6.81.